The first-order valence-electron chi connectivity index (χ1n) is 10.3. The molecule has 2 atom stereocenters. The van der Waals surface area contributed by atoms with E-state index < -0.39 is 0 Å². The van der Waals surface area contributed by atoms with E-state index in [1.807, 2.05) is 65.4 Å². The fourth-order valence-electron chi connectivity index (χ4n) is 4.04. The average molecular weight is 424 g/mol. The number of hydrogen-bond donors (Lipinski definition) is 1. The smallest absolute Gasteiger partial charge is 0.223 e. The number of carbonyl (C=O) groups is 1. The lowest BCUT2D eigenvalue weighted by atomic mass is 10.0. The Bertz CT molecular complexity index is 947. The number of amides is 1. The van der Waals surface area contributed by atoms with Crippen molar-refractivity contribution in [2.45, 2.75) is 32.1 Å². The lowest BCUT2D eigenvalue weighted by Crippen LogP contribution is -2.46. The van der Waals surface area contributed by atoms with Crippen LogP contribution >= 0.6 is 11.6 Å². The van der Waals surface area contributed by atoms with Crippen LogP contribution in [0.4, 0.5) is 0 Å². The minimum Gasteiger partial charge on any atom is -0.332 e. The standard InChI is InChI=1S/C23H26ClN5O/c1-3-5-7-16(4-2)19-14-25-23(26-19)29-15-20(28-13-6-8-21(28)30)22(27-29)17-9-11-18(24)12-10-17/h3-5,7,9-12,20,23,25H,2,6,8,13-15H2,1H3/b5-3-,16-7+. The third kappa shape index (κ3) is 4.11. The van der Waals surface area contributed by atoms with Crippen molar-refractivity contribution in [1.82, 2.24) is 15.2 Å². The average Bonchev–Trinajstić information content (AvgIpc) is 3.48. The fourth-order valence-corrected chi connectivity index (χ4v) is 4.16. The molecule has 1 N–H and O–H groups in total. The summed E-state index contributed by atoms with van der Waals surface area (Å²) in [6, 6.07) is 7.56. The number of carbonyl (C=O) groups excluding carboxylic acids is 1. The van der Waals surface area contributed by atoms with Gasteiger partial charge >= 0.3 is 0 Å². The van der Waals surface area contributed by atoms with Gasteiger partial charge in [-0.25, -0.2) is 4.99 Å². The molecule has 2 unspecified atom stereocenters. The monoisotopic (exact) mass is 423 g/mol. The maximum Gasteiger partial charge on any atom is 0.223 e. The van der Waals surface area contributed by atoms with Gasteiger partial charge in [-0.05, 0) is 31.1 Å². The number of aliphatic imine (C=N–C) groups is 1. The summed E-state index contributed by atoms with van der Waals surface area (Å²) in [5, 5.41) is 10.9. The third-order valence-corrected chi connectivity index (χ3v) is 5.82. The second kappa shape index (κ2) is 8.98. The summed E-state index contributed by atoms with van der Waals surface area (Å²) >= 11 is 6.07. The molecule has 7 heteroatoms. The highest BCUT2D eigenvalue weighted by Crippen LogP contribution is 2.26. The van der Waals surface area contributed by atoms with Crippen LogP contribution in [0.2, 0.25) is 5.02 Å². The Balaban J connectivity index is 1.62. The van der Waals surface area contributed by atoms with Crippen LogP contribution in [0, 0.1) is 0 Å². The van der Waals surface area contributed by atoms with E-state index in [2.05, 4.69) is 11.9 Å². The van der Waals surface area contributed by atoms with Gasteiger partial charge in [-0.1, -0.05) is 54.6 Å². The van der Waals surface area contributed by atoms with Gasteiger partial charge in [0.1, 0.15) is 0 Å². The summed E-state index contributed by atoms with van der Waals surface area (Å²) in [4.78, 5) is 19.3. The topological polar surface area (TPSA) is 60.3 Å². The molecular formula is C23H26ClN5O. The van der Waals surface area contributed by atoms with Crippen molar-refractivity contribution >= 4 is 28.9 Å². The Morgan fingerprint density at radius 2 is 2.13 bits per heavy atom. The molecule has 0 saturated carbocycles. The van der Waals surface area contributed by atoms with E-state index in [1.165, 1.54) is 0 Å². The Morgan fingerprint density at radius 3 is 2.80 bits per heavy atom. The number of rotatable bonds is 6. The van der Waals surface area contributed by atoms with Crippen LogP contribution in [0.5, 0.6) is 0 Å². The molecule has 0 aliphatic carbocycles. The van der Waals surface area contributed by atoms with E-state index in [-0.39, 0.29) is 18.2 Å². The van der Waals surface area contributed by atoms with Crippen molar-refractivity contribution in [3.8, 4) is 0 Å². The summed E-state index contributed by atoms with van der Waals surface area (Å²) in [5.74, 6) is 0.190. The predicted octanol–water partition coefficient (Wildman–Crippen LogP) is 3.37. The molecule has 3 aliphatic rings. The Hall–Kier alpha value is -2.70. The Morgan fingerprint density at radius 1 is 1.33 bits per heavy atom. The number of likely N-dealkylation sites (tertiary alicyclic amines) is 1. The fraction of sp³-hybridized carbons (Fsp3) is 0.348. The quantitative estimate of drug-likeness (QED) is 0.713. The van der Waals surface area contributed by atoms with Gasteiger partial charge in [0.25, 0.3) is 0 Å². The molecule has 1 fully saturated rings. The molecule has 0 bridgehead atoms. The van der Waals surface area contributed by atoms with Crippen LogP contribution in [0.3, 0.4) is 0 Å². The maximum atomic E-state index is 12.5. The van der Waals surface area contributed by atoms with Crippen LogP contribution in [0.25, 0.3) is 0 Å². The molecule has 4 rings (SSSR count). The molecule has 30 heavy (non-hydrogen) atoms. The van der Waals surface area contributed by atoms with Gasteiger partial charge in [0, 0.05) is 30.1 Å². The number of nitrogens with zero attached hydrogens (tertiary/aromatic N) is 4. The van der Waals surface area contributed by atoms with E-state index in [1.54, 1.807) is 0 Å². The molecule has 0 spiro atoms. The van der Waals surface area contributed by atoms with Crippen molar-refractivity contribution < 1.29 is 4.79 Å². The first kappa shape index (κ1) is 20.6. The maximum absolute atomic E-state index is 12.5. The van der Waals surface area contributed by atoms with Crippen molar-refractivity contribution in [3.63, 3.8) is 0 Å². The summed E-state index contributed by atoms with van der Waals surface area (Å²) < 4.78 is 0. The highest BCUT2D eigenvalue weighted by molar-refractivity contribution is 6.30. The number of halogens is 1. The second-order valence-corrected chi connectivity index (χ2v) is 7.94. The van der Waals surface area contributed by atoms with E-state index in [4.69, 9.17) is 21.7 Å². The van der Waals surface area contributed by atoms with Crippen LogP contribution in [-0.4, -0.2) is 59.2 Å². The normalized spacial score (nSPS) is 24.7. The molecule has 1 aromatic carbocycles. The molecular weight excluding hydrogens is 398 g/mol. The molecule has 0 radical (unpaired) electrons. The van der Waals surface area contributed by atoms with Gasteiger partial charge in [-0.3, -0.25) is 15.1 Å². The van der Waals surface area contributed by atoms with Crippen molar-refractivity contribution in [3.05, 3.63) is 71.3 Å². The van der Waals surface area contributed by atoms with E-state index in [0.29, 0.717) is 24.5 Å². The molecule has 3 aliphatic heterocycles. The predicted molar refractivity (Wildman–Crippen MR) is 122 cm³/mol. The highest BCUT2D eigenvalue weighted by atomic mass is 35.5. The number of hydrogen-bond acceptors (Lipinski definition) is 5. The van der Waals surface area contributed by atoms with E-state index in [0.717, 1.165) is 35.5 Å². The van der Waals surface area contributed by atoms with Crippen molar-refractivity contribution in [2.24, 2.45) is 10.1 Å². The first-order valence-corrected chi connectivity index (χ1v) is 10.6. The summed E-state index contributed by atoms with van der Waals surface area (Å²) in [7, 11) is 0. The van der Waals surface area contributed by atoms with E-state index in [9.17, 15) is 4.79 Å². The highest BCUT2D eigenvalue weighted by Gasteiger charge is 2.39. The molecule has 156 valence electrons. The van der Waals surface area contributed by atoms with E-state index >= 15 is 0 Å². The number of nitrogens with one attached hydrogen (secondary N) is 1. The number of benzene rings is 1. The molecule has 1 amide bonds. The van der Waals surface area contributed by atoms with Gasteiger partial charge in [0.15, 0.2) is 6.29 Å². The molecule has 3 heterocycles. The summed E-state index contributed by atoms with van der Waals surface area (Å²) in [6.07, 6.45) is 9.02. The van der Waals surface area contributed by atoms with Gasteiger partial charge in [-0.2, -0.15) is 5.10 Å². The van der Waals surface area contributed by atoms with Crippen LogP contribution in [0.15, 0.2) is 70.8 Å². The largest absolute Gasteiger partial charge is 0.332 e. The van der Waals surface area contributed by atoms with Crippen LogP contribution in [0.1, 0.15) is 25.3 Å². The minimum absolute atomic E-state index is 0.0836. The van der Waals surface area contributed by atoms with Gasteiger partial charge in [0.2, 0.25) is 5.91 Å². The molecule has 0 aromatic heterocycles. The van der Waals surface area contributed by atoms with Gasteiger partial charge in [-0.15, -0.1) is 0 Å². The number of allylic oxidation sites excluding steroid dienone is 4. The Kier molecular flexibility index (Phi) is 6.16. The lowest BCUT2D eigenvalue weighted by Gasteiger charge is -2.26. The van der Waals surface area contributed by atoms with Crippen LogP contribution in [-0.2, 0) is 4.79 Å². The second-order valence-electron chi connectivity index (χ2n) is 7.50. The molecule has 1 saturated heterocycles. The zero-order chi connectivity index (χ0) is 21.1. The molecule has 6 nitrogen and oxygen atoms in total. The van der Waals surface area contributed by atoms with Crippen molar-refractivity contribution in [2.75, 3.05) is 19.6 Å². The summed E-state index contributed by atoms with van der Waals surface area (Å²) in [5.41, 5.74) is 3.82. The first-order chi connectivity index (χ1) is 14.6. The zero-order valence-electron chi connectivity index (χ0n) is 17.1. The lowest BCUT2D eigenvalue weighted by molar-refractivity contribution is -0.128. The SMILES string of the molecule is C=C/C(=C\C=C/C)C1=NC(N2CC(N3CCCC3=O)C(c3ccc(Cl)cc3)=N2)NC1. The van der Waals surface area contributed by atoms with Gasteiger partial charge < -0.3 is 4.90 Å². The van der Waals surface area contributed by atoms with Crippen LogP contribution < -0.4 is 5.32 Å². The third-order valence-electron chi connectivity index (χ3n) is 5.57. The Labute approximate surface area is 182 Å². The molecule has 1 aromatic rings. The van der Waals surface area contributed by atoms with Crippen molar-refractivity contribution in [1.29, 1.82) is 0 Å². The summed E-state index contributed by atoms with van der Waals surface area (Å²) in [6.45, 7) is 7.91. The minimum atomic E-state index is -0.265. The van der Waals surface area contributed by atoms with Gasteiger partial charge in [0.05, 0.1) is 24.0 Å². The number of hydrazone groups is 1. The zero-order valence-corrected chi connectivity index (χ0v) is 17.8.